The van der Waals surface area contributed by atoms with E-state index in [2.05, 4.69) is 65.8 Å². The average Bonchev–Trinajstić information content (AvgIpc) is 3.31. The summed E-state index contributed by atoms with van der Waals surface area (Å²) in [4.78, 5) is 17.1. The van der Waals surface area contributed by atoms with Crippen LogP contribution in [-0.4, -0.2) is 36.5 Å². The number of benzene rings is 1. The molecule has 0 bridgehead atoms. The summed E-state index contributed by atoms with van der Waals surface area (Å²) >= 11 is 1.77. The van der Waals surface area contributed by atoms with Gasteiger partial charge >= 0.3 is 0 Å². The first-order chi connectivity index (χ1) is 13.5. The second-order valence-corrected chi connectivity index (χ2v) is 9.95. The molecule has 0 atom stereocenters. The molecular weight excluding hydrogens is 364 g/mol. The Bertz CT molecular complexity index is 787. The van der Waals surface area contributed by atoms with E-state index in [1.165, 1.54) is 35.4 Å². The standard InChI is InChI=1S/C24H32N2OS/c1-18(2)25-23(27)24(10-12-26(13-11-24)17-19-8-9-19)16-20-5-3-6-21(15-20)22-7-4-14-28-22/h3-7,14-15,18-19H,8-13,16-17H2,1-2H3,(H,25,27). The highest BCUT2D eigenvalue weighted by molar-refractivity contribution is 7.13. The molecule has 1 amide bonds. The molecule has 4 heteroatoms. The molecule has 0 unspecified atom stereocenters. The summed E-state index contributed by atoms with van der Waals surface area (Å²) in [5, 5.41) is 5.35. The van der Waals surface area contributed by atoms with Gasteiger partial charge in [0.2, 0.25) is 5.91 Å². The van der Waals surface area contributed by atoms with Gasteiger partial charge in [-0.25, -0.2) is 0 Å². The highest BCUT2D eigenvalue weighted by Gasteiger charge is 2.42. The molecule has 0 radical (unpaired) electrons. The Kier molecular flexibility index (Phi) is 5.88. The molecule has 2 aromatic rings. The predicted octanol–water partition coefficient (Wildman–Crippen LogP) is 4.97. The highest BCUT2D eigenvalue weighted by atomic mass is 32.1. The number of carbonyl (C=O) groups excluding carboxylic acids is 1. The fourth-order valence-corrected chi connectivity index (χ4v) is 5.12. The summed E-state index contributed by atoms with van der Waals surface area (Å²) in [6, 6.07) is 13.2. The van der Waals surface area contributed by atoms with Crippen LogP contribution in [0.25, 0.3) is 10.4 Å². The fraction of sp³-hybridized carbons (Fsp3) is 0.542. The molecular formula is C24H32N2OS. The Morgan fingerprint density at radius 3 is 2.64 bits per heavy atom. The number of rotatable bonds is 7. The lowest BCUT2D eigenvalue weighted by Gasteiger charge is -2.41. The van der Waals surface area contributed by atoms with Gasteiger partial charge < -0.3 is 10.2 Å². The molecule has 2 fully saturated rings. The second kappa shape index (κ2) is 8.38. The zero-order valence-corrected chi connectivity index (χ0v) is 17.9. The van der Waals surface area contributed by atoms with Crippen molar-refractivity contribution in [1.29, 1.82) is 0 Å². The molecule has 3 nitrogen and oxygen atoms in total. The Hall–Kier alpha value is -1.65. The number of amides is 1. The van der Waals surface area contributed by atoms with Gasteiger partial charge in [0, 0.05) is 17.5 Å². The van der Waals surface area contributed by atoms with Crippen LogP contribution in [0.5, 0.6) is 0 Å². The minimum absolute atomic E-state index is 0.186. The third-order valence-electron chi connectivity index (χ3n) is 6.20. The molecule has 150 valence electrons. The molecule has 1 aliphatic heterocycles. The van der Waals surface area contributed by atoms with Crippen molar-refractivity contribution >= 4 is 17.2 Å². The summed E-state index contributed by atoms with van der Waals surface area (Å²) in [5.41, 5.74) is 2.26. The van der Waals surface area contributed by atoms with Gasteiger partial charge in [-0.2, -0.15) is 0 Å². The predicted molar refractivity (Wildman–Crippen MR) is 118 cm³/mol. The van der Waals surface area contributed by atoms with Crippen LogP contribution in [0.15, 0.2) is 41.8 Å². The summed E-state index contributed by atoms with van der Waals surface area (Å²) < 4.78 is 0. The van der Waals surface area contributed by atoms with Crippen molar-refractivity contribution in [3.63, 3.8) is 0 Å². The SMILES string of the molecule is CC(C)NC(=O)C1(Cc2cccc(-c3cccs3)c2)CCN(CC2CC2)CC1. The third kappa shape index (κ3) is 4.66. The van der Waals surface area contributed by atoms with Crippen LogP contribution >= 0.6 is 11.3 Å². The van der Waals surface area contributed by atoms with Gasteiger partial charge in [0.05, 0.1) is 5.41 Å². The smallest absolute Gasteiger partial charge is 0.226 e. The van der Waals surface area contributed by atoms with Gasteiger partial charge in [-0.3, -0.25) is 4.79 Å². The number of likely N-dealkylation sites (tertiary alicyclic amines) is 1. The van der Waals surface area contributed by atoms with E-state index in [4.69, 9.17) is 0 Å². The van der Waals surface area contributed by atoms with Gasteiger partial charge in [-0.05, 0) is 87.5 Å². The first kappa shape index (κ1) is 19.7. The number of nitrogens with zero attached hydrogens (tertiary/aromatic N) is 1. The van der Waals surface area contributed by atoms with Crippen LogP contribution in [-0.2, 0) is 11.2 Å². The van der Waals surface area contributed by atoms with Crippen molar-refractivity contribution in [2.75, 3.05) is 19.6 Å². The van der Waals surface area contributed by atoms with Crippen molar-refractivity contribution < 1.29 is 4.79 Å². The molecule has 28 heavy (non-hydrogen) atoms. The van der Waals surface area contributed by atoms with E-state index >= 15 is 0 Å². The zero-order chi connectivity index (χ0) is 19.6. The highest BCUT2D eigenvalue weighted by Crippen LogP contribution is 2.38. The summed E-state index contributed by atoms with van der Waals surface area (Å²) in [5.74, 6) is 1.16. The lowest BCUT2D eigenvalue weighted by Crippen LogP contribution is -2.51. The van der Waals surface area contributed by atoms with E-state index < -0.39 is 0 Å². The summed E-state index contributed by atoms with van der Waals surface area (Å²) in [6.07, 6.45) is 5.54. The number of hydrogen-bond donors (Lipinski definition) is 1. The molecule has 1 saturated heterocycles. The molecule has 4 rings (SSSR count). The maximum Gasteiger partial charge on any atom is 0.226 e. The number of thiophene rings is 1. The van der Waals surface area contributed by atoms with Crippen molar-refractivity contribution in [1.82, 2.24) is 10.2 Å². The number of carbonyl (C=O) groups is 1. The molecule has 2 aliphatic rings. The Morgan fingerprint density at radius 2 is 2.00 bits per heavy atom. The van der Waals surface area contributed by atoms with Crippen LogP contribution in [0.2, 0.25) is 0 Å². The average molecular weight is 397 g/mol. The van der Waals surface area contributed by atoms with Gasteiger partial charge in [0.15, 0.2) is 0 Å². The van der Waals surface area contributed by atoms with Gasteiger partial charge in [-0.15, -0.1) is 11.3 Å². The third-order valence-corrected chi connectivity index (χ3v) is 7.12. The van der Waals surface area contributed by atoms with Crippen molar-refractivity contribution in [3.8, 4) is 10.4 Å². The van der Waals surface area contributed by atoms with E-state index in [1.54, 1.807) is 11.3 Å². The van der Waals surface area contributed by atoms with Crippen LogP contribution in [0.4, 0.5) is 0 Å². The summed E-state index contributed by atoms with van der Waals surface area (Å²) in [7, 11) is 0. The number of piperidine rings is 1. The van der Waals surface area contributed by atoms with E-state index in [1.807, 2.05) is 0 Å². The van der Waals surface area contributed by atoms with Crippen molar-refractivity contribution in [2.45, 2.75) is 52.0 Å². The molecule has 2 heterocycles. The second-order valence-electron chi connectivity index (χ2n) is 9.01. The van der Waals surface area contributed by atoms with Gasteiger partial charge in [-0.1, -0.05) is 30.3 Å². The molecule has 1 aliphatic carbocycles. The maximum atomic E-state index is 13.3. The minimum atomic E-state index is -0.279. The van der Waals surface area contributed by atoms with Crippen LogP contribution in [0.1, 0.15) is 45.1 Å². The molecule has 1 saturated carbocycles. The van der Waals surface area contributed by atoms with Gasteiger partial charge in [0.1, 0.15) is 0 Å². The Labute approximate surface area is 173 Å². The van der Waals surface area contributed by atoms with E-state index in [-0.39, 0.29) is 17.4 Å². The maximum absolute atomic E-state index is 13.3. The normalized spacial score (nSPS) is 19.7. The van der Waals surface area contributed by atoms with E-state index in [9.17, 15) is 4.79 Å². The fourth-order valence-electron chi connectivity index (χ4n) is 4.40. The van der Waals surface area contributed by atoms with Crippen LogP contribution in [0, 0.1) is 11.3 Å². The lowest BCUT2D eigenvalue weighted by atomic mass is 9.72. The molecule has 1 aromatic heterocycles. The van der Waals surface area contributed by atoms with Crippen LogP contribution < -0.4 is 5.32 Å². The Balaban J connectivity index is 1.52. The van der Waals surface area contributed by atoms with E-state index in [0.29, 0.717) is 0 Å². The van der Waals surface area contributed by atoms with Crippen LogP contribution in [0.3, 0.4) is 0 Å². The molecule has 1 aromatic carbocycles. The lowest BCUT2D eigenvalue weighted by molar-refractivity contribution is -0.134. The summed E-state index contributed by atoms with van der Waals surface area (Å²) in [6.45, 7) is 7.45. The van der Waals surface area contributed by atoms with Crippen molar-refractivity contribution in [2.24, 2.45) is 11.3 Å². The van der Waals surface area contributed by atoms with E-state index in [0.717, 1.165) is 38.3 Å². The largest absolute Gasteiger partial charge is 0.353 e. The van der Waals surface area contributed by atoms with Crippen molar-refractivity contribution in [3.05, 3.63) is 47.3 Å². The Morgan fingerprint density at radius 1 is 1.21 bits per heavy atom. The molecule has 0 spiro atoms. The topological polar surface area (TPSA) is 32.3 Å². The quantitative estimate of drug-likeness (QED) is 0.716. The first-order valence-corrected chi connectivity index (χ1v) is 11.6. The number of hydrogen-bond acceptors (Lipinski definition) is 3. The number of nitrogens with one attached hydrogen (secondary N) is 1. The van der Waals surface area contributed by atoms with Gasteiger partial charge in [0.25, 0.3) is 0 Å². The molecule has 1 N–H and O–H groups in total. The minimum Gasteiger partial charge on any atom is -0.353 e. The monoisotopic (exact) mass is 396 g/mol. The first-order valence-electron chi connectivity index (χ1n) is 10.7. The zero-order valence-electron chi connectivity index (χ0n) is 17.1.